The lowest BCUT2D eigenvalue weighted by Gasteiger charge is -2.09. The average molecular weight is 325 g/mol. The summed E-state index contributed by atoms with van der Waals surface area (Å²) in [6, 6.07) is 12.1. The molecule has 0 aliphatic heterocycles. The van der Waals surface area contributed by atoms with E-state index in [1.165, 1.54) is 18.2 Å². The molecule has 7 nitrogen and oxygen atoms in total. The second kappa shape index (κ2) is 6.12. The first-order chi connectivity index (χ1) is 9.88. The van der Waals surface area contributed by atoms with Crippen molar-refractivity contribution in [1.82, 2.24) is 0 Å². The highest BCUT2D eigenvalue weighted by molar-refractivity contribution is 8.00. The van der Waals surface area contributed by atoms with Gasteiger partial charge < -0.3 is 4.72 Å². The summed E-state index contributed by atoms with van der Waals surface area (Å²) in [7, 11) is -3.82. The molecule has 0 aliphatic rings. The number of sulfonamides is 1. The van der Waals surface area contributed by atoms with Crippen molar-refractivity contribution < 1.29 is 13.3 Å². The fourth-order valence-corrected chi connectivity index (χ4v) is 2.99. The molecule has 9 heteroatoms. The van der Waals surface area contributed by atoms with Crippen LogP contribution >= 0.6 is 11.9 Å². The molecule has 2 aromatic rings. The van der Waals surface area contributed by atoms with Gasteiger partial charge in [0.1, 0.15) is 4.90 Å². The largest absolute Gasteiger partial charge is 0.324 e. The van der Waals surface area contributed by atoms with Crippen LogP contribution in [0.25, 0.3) is 0 Å². The molecule has 110 valence electrons. The number of nitro groups is 1. The lowest BCUT2D eigenvalue weighted by atomic mass is 10.3. The predicted octanol–water partition coefficient (Wildman–Crippen LogP) is 2.36. The Bertz CT molecular complexity index is 760. The molecule has 0 radical (unpaired) electrons. The second-order valence-electron chi connectivity index (χ2n) is 4.00. The van der Waals surface area contributed by atoms with Gasteiger partial charge in [-0.25, -0.2) is 13.6 Å². The molecule has 2 aromatic carbocycles. The molecule has 0 heterocycles. The number of hydrogen-bond acceptors (Lipinski definition) is 6. The van der Waals surface area contributed by atoms with Gasteiger partial charge in [0.2, 0.25) is 10.0 Å². The summed E-state index contributed by atoms with van der Waals surface area (Å²) in [6.07, 6.45) is 0. The van der Waals surface area contributed by atoms with Crippen LogP contribution in [0.1, 0.15) is 0 Å². The molecule has 21 heavy (non-hydrogen) atoms. The van der Waals surface area contributed by atoms with E-state index in [0.29, 0.717) is 10.6 Å². The minimum absolute atomic E-state index is 0.00992. The molecule has 0 amide bonds. The van der Waals surface area contributed by atoms with Gasteiger partial charge in [-0.3, -0.25) is 10.1 Å². The van der Waals surface area contributed by atoms with E-state index in [1.54, 1.807) is 30.3 Å². The summed E-state index contributed by atoms with van der Waals surface area (Å²) >= 11 is 1.13. The monoisotopic (exact) mass is 325 g/mol. The second-order valence-corrected chi connectivity index (χ2v) is 6.41. The van der Waals surface area contributed by atoms with Crippen molar-refractivity contribution in [2.45, 2.75) is 9.79 Å². The molecular weight excluding hydrogens is 314 g/mol. The minimum atomic E-state index is -3.82. The number of nitrogens with two attached hydrogens (primary N) is 1. The zero-order chi connectivity index (χ0) is 15.5. The maximum absolute atomic E-state index is 11.4. The first-order valence-corrected chi connectivity index (χ1v) is 8.03. The molecule has 3 N–H and O–H groups in total. The molecule has 2 rings (SSSR count). The van der Waals surface area contributed by atoms with E-state index >= 15 is 0 Å². The number of nitrogens with zero attached hydrogens (tertiary/aromatic N) is 1. The van der Waals surface area contributed by atoms with E-state index in [-0.39, 0.29) is 10.6 Å². The quantitative estimate of drug-likeness (QED) is 0.495. The molecule has 0 unspecified atom stereocenters. The minimum Gasteiger partial charge on any atom is -0.324 e. The number of rotatable bonds is 5. The van der Waals surface area contributed by atoms with Gasteiger partial charge in [0.15, 0.2) is 0 Å². The number of nitrogens with one attached hydrogen (secondary N) is 1. The number of non-ortho nitro benzene ring substituents is 1. The van der Waals surface area contributed by atoms with E-state index in [4.69, 9.17) is 5.14 Å². The number of benzene rings is 2. The van der Waals surface area contributed by atoms with Gasteiger partial charge in [-0.1, -0.05) is 12.1 Å². The first kappa shape index (κ1) is 15.3. The number of para-hydroxylation sites is 1. The highest BCUT2D eigenvalue weighted by Gasteiger charge is 2.13. The Morgan fingerprint density at radius 2 is 1.71 bits per heavy atom. The summed E-state index contributed by atoms with van der Waals surface area (Å²) in [5.41, 5.74) is 0.340. The van der Waals surface area contributed by atoms with Crippen LogP contribution in [-0.2, 0) is 10.0 Å². The Balaban J connectivity index is 2.15. The normalized spacial score (nSPS) is 11.1. The molecule has 0 spiro atoms. The van der Waals surface area contributed by atoms with Gasteiger partial charge in [0.25, 0.3) is 5.69 Å². The molecule has 0 aliphatic carbocycles. The molecule has 0 saturated carbocycles. The van der Waals surface area contributed by atoms with E-state index in [0.717, 1.165) is 11.9 Å². The lowest BCUT2D eigenvalue weighted by molar-refractivity contribution is -0.384. The summed E-state index contributed by atoms with van der Waals surface area (Å²) in [6.45, 7) is 0. The Morgan fingerprint density at radius 1 is 1.10 bits per heavy atom. The van der Waals surface area contributed by atoms with Gasteiger partial charge in [-0.15, -0.1) is 0 Å². The van der Waals surface area contributed by atoms with Crippen molar-refractivity contribution in [2.75, 3.05) is 4.72 Å². The van der Waals surface area contributed by atoms with Crippen LogP contribution in [0.5, 0.6) is 0 Å². The Hall–Kier alpha value is -2.10. The van der Waals surface area contributed by atoms with Crippen molar-refractivity contribution in [3.05, 3.63) is 58.6 Å². The van der Waals surface area contributed by atoms with Gasteiger partial charge in [-0.05, 0) is 36.2 Å². The maximum atomic E-state index is 11.4. The molecule has 0 aromatic heterocycles. The van der Waals surface area contributed by atoms with Crippen LogP contribution in [0.3, 0.4) is 0 Å². The average Bonchev–Trinajstić information content (AvgIpc) is 2.45. The van der Waals surface area contributed by atoms with Crippen LogP contribution in [0.15, 0.2) is 58.3 Å². The first-order valence-electron chi connectivity index (χ1n) is 5.67. The van der Waals surface area contributed by atoms with E-state index in [2.05, 4.69) is 4.72 Å². The van der Waals surface area contributed by atoms with Crippen molar-refractivity contribution in [3.8, 4) is 0 Å². The number of hydrogen-bond donors (Lipinski definition) is 2. The molecule has 0 bridgehead atoms. The van der Waals surface area contributed by atoms with Crippen LogP contribution < -0.4 is 9.86 Å². The maximum Gasteiger partial charge on any atom is 0.269 e. The topological polar surface area (TPSA) is 115 Å². The summed E-state index contributed by atoms with van der Waals surface area (Å²) in [5, 5.41) is 15.7. The van der Waals surface area contributed by atoms with E-state index < -0.39 is 14.9 Å². The van der Waals surface area contributed by atoms with Crippen LogP contribution in [-0.4, -0.2) is 13.3 Å². The fraction of sp³-hybridized carbons (Fsp3) is 0. The summed E-state index contributed by atoms with van der Waals surface area (Å²) in [4.78, 5) is 10.7. The zero-order valence-electron chi connectivity index (χ0n) is 10.6. The van der Waals surface area contributed by atoms with E-state index in [1.807, 2.05) is 0 Å². The van der Waals surface area contributed by atoms with Crippen LogP contribution in [0, 0.1) is 10.1 Å². The van der Waals surface area contributed by atoms with Crippen molar-refractivity contribution in [1.29, 1.82) is 0 Å². The Kier molecular flexibility index (Phi) is 4.46. The smallest absolute Gasteiger partial charge is 0.269 e. The summed E-state index contributed by atoms with van der Waals surface area (Å²) < 4.78 is 25.7. The fourth-order valence-electron chi connectivity index (χ4n) is 1.55. The third kappa shape index (κ3) is 3.94. The standard InChI is InChI=1S/C12H11N3O4S2/c13-21(18,19)12-4-2-1-3-11(12)14-20-10-7-5-9(6-8-10)15(16)17/h1-8,14H,(H2,13,18,19). The summed E-state index contributed by atoms with van der Waals surface area (Å²) in [5.74, 6) is 0. The molecular formula is C12H11N3O4S2. The molecule has 0 fully saturated rings. The number of nitro benzene ring substituents is 1. The van der Waals surface area contributed by atoms with Crippen molar-refractivity contribution in [2.24, 2.45) is 5.14 Å². The highest BCUT2D eigenvalue weighted by atomic mass is 32.2. The predicted molar refractivity (Wildman–Crippen MR) is 80.4 cm³/mol. The van der Waals surface area contributed by atoms with Crippen LogP contribution in [0.4, 0.5) is 11.4 Å². The van der Waals surface area contributed by atoms with E-state index in [9.17, 15) is 18.5 Å². The van der Waals surface area contributed by atoms with Gasteiger partial charge in [0, 0.05) is 17.0 Å². The Labute approximate surface area is 125 Å². The lowest BCUT2D eigenvalue weighted by Crippen LogP contribution is -2.13. The van der Waals surface area contributed by atoms with Crippen LogP contribution in [0.2, 0.25) is 0 Å². The van der Waals surface area contributed by atoms with Gasteiger partial charge in [-0.2, -0.15) is 0 Å². The van der Waals surface area contributed by atoms with Gasteiger partial charge >= 0.3 is 0 Å². The SMILES string of the molecule is NS(=O)(=O)c1ccccc1NSc1ccc([N+](=O)[O-])cc1. The van der Waals surface area contributed by atoms with Crippen molar-refractivity contribution in [3.63, 3.8) is 0 Å². The van der Waals surface area contributed by atoms with Crippen molar-refractivity contribution >= 4 is 33.3 Å². The van der Waals surface area contributed by atoms with Gasteiger partial charge in [0.05, 0.1) is 10.6 Å². The highest BCUT2D eigenvalue weighted by Crippen LogP contribution is 2.27. The zero-order valence-corrected chi connectivity index (χ0v) is 12.2. The third-order valence-corrected chi connectivity index (χ3v) is 4.32. The number of primary sulfonamides is 1. The molecule has 0 atom stereocenters. The number of anilines is 1. The molecule has 0 saturated heterocycles. The third-order valence-electron chi connectivity index (χ3n) is 2.52. The Morgan fingerprint density at radius 3 is 2.29 bits per heavy atom.